The van der Waals surface area contributed by atoms with Gasteiger partial charge in [0.1, 0.15) is 0 Å². The maximum Gasteiger partial charge on any atom is 0.254 e. The number of nitrogens with one attached hydrogen (secondary N) is 2. The molecular formula is C11H18N4O. The number of aromatic amines is 1. The van der Waals surface area contributed by atoms with E-state index in [0.29, 0.717) is 5.56 Å². The summed E-state index contributed by atoms with van der Waals surface area (Å²) in [4.78, 5) is 14.1. The van der Waals surface area contributed by atoms with Crippen molar-refractivity contribution in [3.63, 3.8) is 0 Å². The number of H-pyrrole nitrogens is 1. The Kier molecular flexibility index (Phi) is 3.56. The lowest BCUT2D eigenvalue weighted by molar-refractivity contribution is 0.0932. The first-order chi connectivity index (χ1) is 7.75. The molecule has 1 aromatic rings. The van der Waals surface area contributed by atoms with Gasteiger partial charge < -0.3 is 10.2 Å². The molecule has 0 bridgehead atoms. The van der Waals surface area contributed by atoms with Gasteiger partial charge in [0.2, 0.25) is 0 Å². The van der Waals surface area contributed by atoms with Crippen LogP contribution >= 0.6 is 0 Å². The van der Waals surface area contributed by atoms with Crippen LogP contribution in [-0.2, 0) is 0 Å². The van der Waals surface area contributed by atoms with Gasteiger partial charge in [0.15, 0.2) is 0 Å². The Balaban J connectivity index is 1.78. The van der Waals surface area contributed by atoms with Crippen molar-refractivity contribution in [3.05, 3.63) is 18.0 Å². The van der Waals surface area contributed by atoms with E-state index in [1.165, 1.54) is 19.0 Å². The summed E-state index contributed by atoms with van der Waals surface area (Å²) in [5, 5.41) is 9.36. The van der Waals surface area contributed by atoms with E-state index in [2.05, 4.69) is 20.4 Å². The van der Waals surface area contributed by atoms with Crippen LogP contribution in [0.25, 0.3) is 0 Å². The summed E-state index contributed by atoms with van der Waals surface area (Å²) in [7, 11) is 0. The lowest BCUT2D eigenvalue weighted by Gasteiger charge is -2.20. The average Bonchev–Trinajstić information content (AvgIpc) is 2.88. The number of carbonyl (C=O) groups is 1. The van der Waals surface area contributed by atoms with Gasteiger partial charge in [0.25, 0.3) is 5.91 Å². The van der Waals surface area contributed by atoms with E-state index in [0.717, 1.165) is 19.6 Å². The molecule has 1 aliphatic heterocycles. The van der Waals surface area contributed by atoms with E-state index < -0.39 is 0 Å². The van der Waals surface area contributed by atoms with Crippen LogP contribution in [0.5, 0.6) is 0 Å². The molecule has 5 heteroatoms. The molecule has 2 heterocycles. The molecule has 16 heavy (non-hydrogen) atoms. The van der Waals surface area contributed by atoms with Crippen molar-refractivity contribution in [2.45, 2.75) is 25.8 Å². The standard InChI is InChI=1S/C11H18N4O/c1-9(8-15-4-2-3-5-15)14-11(16)10-6-12-13-7-10/h6-7,9H,2-5,8H2,1H3,(H,12,13)(H,14,16). The third kappa shape index (κ3) is 2.82. The van der Waals surface area contributed by atoms with Crippen LogP contribution in [0, 0.1) is 0 Å². The number of hydrogen-bond donors (Lipinski definition) is 2. The van der Waals surface area contributed by atoms with Gasteiger partial charge in [-0.25, -0.2) is 0 Å². The summed E-state index contributed by atoms with van der Waals surface area (Å²) in [6.07, 6.45) is 5.71. The molecular weight excluding hydrogens is 204 g/mol. The monoisotopic (exact) mass is 222 g/mol. The van der Waals surface area contributed by atoms with Crippen molar-refractivity contribution >= 4 is 5.91 Å². The molecule has 0 aromatic carbocycles. The molecule has 0 radical (unpaired) electrons. The zero-order chi connectivity index (χ0) is 11.4. The Morgan fingerprint density at radius 1 is 1.62 bits per heavy atom. The Hall–Kier alpha value is -1.36. The molecule has 1 aromatic heterocycles. The Morgan fingerprint density at radius 2 is 2.38 bits per heavy atom. The SMILES string of the molecule is CC(CN1CCCC1)NC(=O)c1cn[nH]c1. The van der Waals surface area contributed by atoms with Gasteiger partial charge in [0.05, 0.1) is 11.8 Å². The van der Waals surface area contributed by atoms with Crippen molar-refractivity contribution < 1.29 is 4.79 Å². The molecule has 0 spiro atoms. The summed E-state index contributed by atoms with van der Waals surface area (Å²) in [5.74, 6) is -0.0551. The van der Waals surface area contributed by atoms with Gasteiger partial charge in [0, 0.05) is 18.8 Å². The van der Waals surface area contributed by atoms with Crippen molar-refractivity contribution in [2.75, 3.05) is 19.6 Å². The molecule has 2 rings (SSSR count). The second-order valence-electron chi connectivity index (χ2n) is 4.37. The molecule has 2 N–H and O–H groups in total. The number of likely N-dealkylation sites (tertiary alicyclic amines) is 1. The molecule has 1 unspecified atom stereocenters. The molecule has 1 aliphatic rings. The lowest BCUT2D eigenvalue weighted by atomic mass is 10.2. The topological polar surface area (TPSA) is 61.0 Å². The molecule has 1 saturated heterocycles. The van der Waals surface area contributed by atoms with Crippen LogP contribution in [0.15, 0.2) is 12.4 Å². The summed E-state index contributed by atoms with van der Waals surface area (Å²) >= 11 is 0. The van der Waals surface area contributed by atoms with Crippen LogP contribution < -0.4 is 5.32 Å². The summed E-state index contributed by atoms with van der Waals surface area (Å²) in [6, 6.07) is 0.181. The number of hydrogen-bond acceptors (Lipinski definition) is 3. The zero-order valence-electron chi connectivity index (χ0n) is 9.57. The van der Waals surface area contributed by atoms with Gasteiger partial charge >= 0.3 is 0 Å². The van der Waals surface area contributed by atoms with Gasteiger partial charge in [-0.3, -0.25) is 9.89 Å². The molecule has 0 saturated carbocycles. The number of aromatic nitrogens is 2. The van der Waals surface area contributed by atoms with Gasteiger partial charge in [-0.1, -0.05) is 0 Å². The van der Waals surface area contributed by atoms with E-state index in [9.17, 15) is 4.79 Å². The minimum absolute atomic E-state index is 0.0551. The quantitative estimate of drug-likeness (QED) is 0.785. The minimum atomic E-state index is -0.0551. The van der Waals surface area contributed by atoms with Crippen molar-refractivity contribution in [3.8, 4) is 0 Å². The van der Waals surface area contributed by atoms with E-state index >= 15 is 0 Å². The Morgan fingerprint density at radius 3 is 3.00 bits per heavy atom. The van der Waals surface area contributed by atoms with Crippen LogP contribution in [0.2, 0.25) is 0 Å². The third-order valence-corrected chi connectivity index (χ3v) is 2.87. The smallest absolute Gasteiger partial charge is 0.254 e. The highest BCUT2D eigenvalue weighted by molar-refractivity contribution is 5.93. The molecule has 1 fully saturated rings. The van der Waals surface area contributed by atoms with Crippen molar-refractivity contribution in [1.82, 2.24) is 20.4 Å². The summed E-state index contributed by atoms with van der Waals surface area (Å²) in [5.41, 5.74) is 0.591. The average molecular weight is 222 g/mol. The fourth-order valence-electron chi connectivity index (χ4n) is 2.08. The Bertz CT molecular complexity index is 330. The highest BCUT2D eigenvalue weighted by Crippen LogP contribution is 2.07. The van der Waals surface area contributed by atoms with Gasteiger partial charge in [-0.15, -0.1) is 0 Å². The first-order valence-corrected chi connectivity index (χ1v) is 5.77. The molecule has 1 amide bonds. The van der Waals surface area contributed by atoms with Gasteiger partial charge in [-0.2, -0.15) is 5.10 Å². The minimum Gasteiger partial charge on any atom is -0.348 e. The molecule has 88 valence electrons. The first kappa shape index (κ1) is 11.1. The van der Waals surface area contributed by atoms with E-state index in [1.807, 2.05) is 6.92 Å². The highest BCUT2D eigenvalue weighted by atomic mass is 16.1. The Labute approximate surface area is 95.2 Å². The number of nitrogens with zero attached hydrogens (tertiary/aromatic N) is 2. The van der Waals surface area contributed by atoms with Crippen LogP contribution in [0.1, 0.15) is 30.1 Å². The van der Waals surface area contributed by atoms with Crippen LogP contribution in [0.3, 0.4) is 0 Å². The zero-order valence-corrected chi connectivity index (χ0v) is 9.57. The molecule has 0 aliphatic carbocycles. The normalized spacial score (nSPS) is 18.6. The number of amides is 1. The van der Waals surface area contributed by atoms with E-state index in [1.54, 1.807) is 6.20 Å². The fraction of sp³-hybridized carbons (Fsp3) is 0.636. The van der Waals surface area contributed by atoms with Crippen LogP contribution in [0.4, 0.5) is 0 Å². The maximum atomic E-state index is 11.7. The van der Waals surface area contributed by atoms with Crippen molar-refractivity contribution in [1.29, 1.82) is 0 Å². The van der Waals surface area contributed by atoms with E-state index in [-0.39, 0.29) is 11.9 Å². The number of carbonyl (C=O) groups excluding carboxylic acids is 1. The van der Waals surface area contributed by atoms with Crippen LogP contribution in [-0.4, -0.2) is 46.7 Å². The lowest BCUT2D eigenvalue weighted by Crippen LogP contribution is -2.40. The van der Waals surface area contributed by atoms with Gasteiger partial charge in [-0.05, 0) is 32.9 Å². The largest absolute Gasteiger partial charge is 0.348 e. The van der Waals surface area contributed by atoms with E-state index in [4.69, 9.17) is 0 Å². The van der Waals surface area contributed by atoms with Crippen molar-refractivity contribution in [2.24, 2.45) is 0 Å². The predicted octanol–water partition coefficient (Wildman–Crippen LogP) is 0.624. The predicted molar refractivity (Wildman–Crippen MR) is 61.2 cm³/mol. The summed E-state index contributed by atoms with van der Waals surface area (Å²) in [6.45, 7) is 5.29. The maximum absolute atomic E-state index is 11.7. The third-order valence-electron chi connectivity index (χ3n) is 2.87. The second kappa shape index (κ2) is 5.12. The molecule has 5 nitrogen and oxygen atoms in total. The fourth-order valence-corrected chi connectivity index (χ4v) is 2.08. The molecule has 1 atom stereocenters. The highest BCUT2D eigenvalue weighted by Gasteiger charge is 2.16. The summed E-state index contributed by atoms with van der Waals surface area (Å²) < 4.78 is 0. The second-order valence-corrected chi connectivity index (χ2v) is 4.37. The first-order valence-electron chi connectivity index (χ1n) is 5.77. The number of rotatable bonds is 4.